The van der Waals surface area contributed by atoms with Gasteiger partial charge >= 0.3 is 6.03 Å². The van der Waals surface area contributed by atoms with E-state index in [0.29, 0.717) is 18.4 Å². The predicted octanol–water partition coefficient (Wildman–Crippen LogP) is 2.35. The molecule has 2 aliphatic heterocycles. The first-order valence-electron chi connectivity index (χ1n) is 9.35. The largest absolute Gasteiger partial charge is 0.331 e. The summed E-state index contributed by atoms with van der Waals surface area (Å²) < 4.78 is 15.7. The Morgan fingerprint density at radius 2 is 2.11 bits per heavy atom. The third kappa shape index (κ3) is 3.43. The van der Waals surface area contributed by atoms with Gasteiger partial charge in [0.05, 0.1) is 12.2 Å². The fourth-order valence-electron chi connectivity index (χ4n) is 4.65. The highest BCUT2D eigenvalue weighted by atomic mass is 19.1. The number of halogens is 1. The lowest BCUT2D eigenvalue weighted by Gasteiger charge is -2.31. The first-order valence-corrected chi connectivity index (χ1v) is 9.35. The lowest BCUT2D eigenvalue weighted by Crippen LogP contribution is -2.41. The van der Waals surface area contributed by atoms with Gasteiger partial charge in [-0.1, -0.05) is 12.1 Å². The normalized spacial score (nSPS) is 25.0. The number of fused-ring (bicyclic) bond motifs is 1. The second-order valence-electron chi connectivity index (χ2n) is 7.97. The zero-order valence-electron chi connectivity index (χ0n) is 16.0. The lowest BCUT2D eigenvalue weighted by atomic mass is 9.89. The van der Waals surface area contributed by atoms with Crippen LogP contribution in [0.5, 0.6) is 0 Å². The summed E-state index contributed by atoms with van der Waals surface area (Å²) >= 11 is 0. The molecular formula is C20H26FN5O. The Labute approximate surface area is 159 Å². The van der Waals surface area contributed by atoms with Gasteiger partial charge in [-0.05, 0) is 23.6 Å². The third-order valence-electron chi connectivity index (χ3n) is 5.72. The van der Waals surface area contributed by atoms with E-state index in [-0.39, 0.29) is 17.9 Å². The third-order valence-corrected chi connectivity index (χ3v) is 5.72. The molecule has 2 saturated heterocycles. The van der Waals surface area contributed by atoms with Crippen molar-refractivity contribution in [3.63, 3.8) is 0 Å². The average Bonchev–Trinajstić information content (AvgIpc) is 3.28. The Morgan fingerprint density at radius 3 is 2.78 bits per heavy atom. The van der Waals surface area contributed by atoms with E-state index >= 15 is 0 Å². The summed E-state index contributed by atoms with van der Waals surface area (Å²) in [4.78, 5) is 18.7. The number of likely N-dealkylation sites (tertiary alicyclic amines) is 2. The molecule has 0 bridgehead atoms. The smallest absolute Gasteiger partial charge is 0.320 e. The SMILES string of the molecule is CN(C)C(=O)N1C[C@H]2CN(Cc3cnn(C)c3)C[C@H]2[C@H]1c1cccc(F)c1. The van der Waals surface area contributed by atoms with Crippen LogP contribution in [0.3, 0.4) is 0 Å². The number of hydrogen-bond acceptors (Lipinski definition) is 3. The molecule has 0 spiro atoms. The van der Waals surface area contributed by atoms with E-state index in [2.05, 4.69) is 10.00 Å². The number of carbonyl (C=O) groups is 1. The fourth-order valence-corrected chi connectivity index (χ4v) is 4.65. The maximum Gasteiger partial charge on any atom is 0.320 e. The van der Waals surface area contributed by atoms with Crippen LogP contribution in [0.2, 0.25) is 0 Å². The summed E-state index contributed by atoms with van der Waals surface area (Å²) in [5.74, 6) is 0.463. The van der Waals surface area contributed by atoms with Crippen LogP contribution in [-0.4, -0.2) is 64.2 Å². The van der Waals surface area contributed by atoms with E-state index in [1.54, 1.807) is 31.1 Å². The van der Waals surface area contributed by atoms with Gasteiger partial charge in [0.25, 0.3) is 0 Å². The van der Waals surface area contributed by atoms with Crippen LogP contribution >= 0.6 is 0 Å². The summed E-state index contributed by atoms with van der Waals surface area (Å²) in [6, 6.07) is 6.62. The molecule has 3 heterocycles. The molecule has 0 N–H and O–H groups in total. The Balaban J connectivity index is 1.57. The van der Waals surface area contributed by atoms with Crippen molar-refractivity contribution >= 4 is 6.03 Å². The van der Waals surface area contributed by atoms with Crippen LogP contribution in [0.15, 0.2) is 36.7 Å². The summed E-state index contributed by atoms with van der Waals surface area (Å²) in [6.45, 7) is 3.42. The van der Waals surface area contributed by atoms with E-state index in [1.807, 2.05) is 35.1 Å². The van der Waals surface area contributed by atoms with E-state index in [0.717, 1.165) is 25.2 Å². The Morgan fingerprint density at radius 1 is 1.30 bits per heavy atom. The van der Waals surface area contributed by atoms with Crippen molar-refractivity contribution in [2.24, 2.45) is 18.9 Å². The molecule has 3 atom stereocenters. The molecule has 2 aliphatic rings. The first-order chi connectivity index (χ1) is 12.9. The number of rotatable bonds is 3. The molecule has 144 valence electrons. The van der Waals surface area contributed by atoms with Gasteiger partial charge in [0.2, 0.25) is 0 Å². The standard InChI is InChI=1S/C20H26FN5O/c1-23(2)20(27)26-12-16-11-25(10-14-8-22-24(3)9-14)13-18(16)19(26)15-5-4-6-17(21)7-15/h4-9,16,18-19H,10-13H2,1-3H3/t16-,18-,19-/m1/s1. The highest BCUT2D eigenvalue weighted by Gasteiger charge is 2.49. The quantitative estimate of drug-likeness (QED) is 0.832. The summed E-state index contributed by atoms with van der Waals surface area (Å²) in [6.07, 6.45) is 3.94. The van der Waals surface area contributed by atoms with Crippen LogP contribution < -0.4 is 0 Å². The second-order valence-corrected chi connectivity index (χ2v) is 7.97. The molecular weight excluding hydrogens is 345 g/mol. The van der Waals surface area contributed by atoms with Crippen LogP contribution in [0, 0.1) is 17.7 Å². The van der Waals surface area contributed by atoms with Crippen molar-refractivity contribution < 1.29 is 9.18 Å². The molecule has 2 aromatic rings. The van der Waals surface area contributed by atoms with E-state index in [4.69, 9.17) is 0 Å². The van der Waals surface area contributed by atoms with Crippen molar-refractivity contribution in [1.29, 1.82) is 0 Å². The summed E-state index contributed by atoms with van der Waals surface area (Å²) in [7, 11) is 5.47. The maximum atomic E-state index is 13.9. The number of hydrogen-bond donors (Lipinski definition) is 0. The average molecular weight is 371 g/mol. The number of aromatic nitrogens is 2. The molecule has 0 unspecified atom stereocenters. The molecule has 7 heteroatoms. The molecule has 1 aromatic carbocycles. The number of aryl methyl sites for hydroxylation is 1. The van der Waals surface area contributed by atoms with Gasteiger partial charge in [0.15, 0.2) is 0 Å². The van der Waals surface area contributed by atoms with Crippen LogP contribution in [0.1, 0.15) is 17.2 Å². The Kier molecular flexibility index (Phi) is 4.63. The van der Waals surface area contributed by atoms with Gasteiger partial charge in [0, 0.05) is 65.0 Å². The molecule has 0 aliphatic carbocycles. The zero-order chi connectivity index (χ0) is 19.1. The maximum absolute atomic E-state index is 13.9. The highest BCUT2D eigenvalue weighted by molar-refractivity contribution is 5.75. The molecule has 0 saturated carbocycles. The first kappa shape index (κ1) is 18.0. The van der Waals surface area contributed by atoms with Gasteiger partial charge in [-0.15, -0.1) is 0 Å². The lowest BCUT2D eigenvalue weighted by molar-refractivity contribution is 0.151. The van der Waals surface area contributed by atoms with Crippen molar-refractivity contribution in [2.75, 3.05) is 33.7 Å². The van der Waals surface area contributed by atoms with Crippen molar-refractivity contribution in [2.45, 2.75) is 12.6 Å². The van der Waals surface area contributed by atoms with Crippen molar-refractivity contribution in [1.82, 2.24) is 24.5 Å². The molecule has 4 rings (SSSR count). The Bertz CT molecular complexity index is 835. The summed E-state index contributed by atoms with van der Waals surface area (Å²) in [5, 5.41) is 4.25. The number of urea groups is 1. The minimum atomic E-state index is -0.251. The minimum Gasteiger partial charge on any atom is -0.331 e. The number of carbonyl (C=O) groups excluding carboxylic acids is 1. The minimum absolute atomic E-state index is 0.00234. The van der Waals surface area contributed by atoms with Gasteiger partial charge in [-0.25, -0.2) is 9.18 Å². The zero-order valence-corrected chi connectivity index (χ0v) is 16.0. The fraction of sp³-hybridized carbons (Fsp3) is 0.500. The van der Waals surface area contributed by atoms with E-state index in [9.17, 15) is 9.18 Å². The van der Waals surface area contributed by atoms with Crippen molar-refractivity contribution in [3.05, 3.63) is 53.6 Å². The molecule has 27 heavy (non-hydrogen) atoms. The molecule has 2 fully saturated rings. The van der Waals surface area contributed by atoms with Crippen LogP contribution in [-0.2, 0) is 13.6 Å². The van der Waals surface area contributed by atoms with Gasteiger partial charge in [-0.3, -0.25) is 9.58 Å². The summed E-state index contributed by atoms with van der Waals surface area (Å²) in [5.41, 5.74) is 2.09. The van der Waals surface area contributed by atoms with Crippen LogP contribution in [0.4, 0.5) is 9.18 Å². The number of amides is 2. The van der Waals surface area contributed by atoms with E-state index < -0.39 is 0 Å². The number of benzene rings is 1. The molecule has 1 aromatic heterocycles. The topological polar surface area (TPSA) is 44.6 Å². The molecule has 2 amide bonds. The Hall–Kier alpha value is -2.41. The van der Waals surface area contributed by atoms with Gasteiger partial charge in [-0.2, -0.15) is 5.10 Å². The monoisotopic (exact) mass is 371 g/mol. The highest BCUT2D eigenvalue weighted by Crippen LogP contribution is 2.45. The molecule has 6 nitrogen and oxygen atoms in total. The van der Waals surface area contributed by atoms with Crippen molar-refractivity contribution in [3.8, 4) is 0 Å². The van der Waals surface area contributed by atoms with Gasteiger partial charge in [0.1, 0.15) is 5.82 Å². The predicted molar refractivity (Wildman–Crippen MR) is 100 cm³/mol. The second kappa shape index (κ2) is 6.96. The van der Waals surface area contributed by atoms with E-state index in [1.165, 1.54) is 11.6 Å². The molecule has 0 radical (unpaired) electrons. The van der Waals surface area contributed by atoms with Gasteiger partial charge < -0.3 is 9.80 Å². The number of nitrogens with zero attached hydrogens (tertiary/aromatic N) is 5. The van der Waals surface area contributed by atoms with Crippen LogP contribution in [0.25, 0.3) is 0 Å².